The number of hydrogen-bond donors (Lipinski definition) is 3. The highest BCUT2D eigenvalue weighted by molar-refractivity contribution is 5.72. The van der Waals surface area contributed by atoms with Crippen LogP contribution in [-0.4, -0.2) is 35.4 Å². The molecule has 1 aliphatic carbocycles. The summed E-state index contributed by atoms with van der Waals surface area (Å²) >= 11 is 0. The lowest BCUT2D eigenvalue weighted by Gasteiger charge is -2.20. The van der Waals surface area contributed by atoms with Crippen LogP contribution in [0.3, 0.4) is 0 Å². The third kappa shape index (κ3) is 1.26. The molecule has 14 heavy (non-hydrogen) atoms. The summed E-state index contributed by atoms with van der Waals surface area (Å²) in [4.78, 5) is 11.0. The molecule has 4 heteroatoms. The fourth-order valence-electron chi connectivity index (χ4n) is 2.82. The summed E-state index contributed by atoms with van der Waals surface area (Å²) in [6.07, 6.45) is 0.572. The molecular formula is C10H15NO3. The van der Waals surface area contributed by atoms with Gasteiger partial charge < -0.3 is 15.5 Å². The van der Waals surface area contributed by atoms with E-state index in [1.807, 2.05) is 0 Å². The van der Waals surface area contributed by atoms with Crippen molar-refractivity contribution in [3.8, 4) is 0 Å². The van der Waals surface area contributed by atoms with Crippen LogP contribution >= 0.6 is 0 Å². The van der Waals surface area contributed by atoms with Gasteiger partial charge in [-0.2, -0.15) is 0 Å². The zero-order valence-electron chi connectivity index (χ0n) is 7.94. The summed E-state index contributed by atoms with van der Waals surface area (Å²) in [7, 11) is 0. The third-order valence-electron chi connectivity index (χ3n) is 3.51. The van der Waals surface area contributed by atoms with E-state index in [-0.39, 0.29) is 30.4 Å². The summed E-state index contributed by atoms with van der Waals surface area (Å²) in [5.74, 6) is -0.848. The van der Waals surface area contributed by atoms with Gasteiger partial charge >= 0.3 is 5.97 Å². The quantitative estimate of drug-likeness (QED) is 0.538. The fraction of sp³-hybridized carbons (Fsp3) is 0.700. The molecule has 4 atom stereocenters. The number of aliphatic hydroxyl groups excluding tert-OH is 1. The molecule has 78 valence electrons. The van der Waals surface area contributed by atoms with Crippen LogP contribution in [0.1, 0.15) is 6.42 Å². The molecule has 0 aromatic rings. The van der Waals surface area contributed by atoms with Crippen molar-refractivity contribution in [2.45, 2.75) is 12.5 Å². The normalized spacial score (nSPS) is 41.4. The van der Waals surface area contributed by atoms with Gasteiger partial charge in [0, 0.05) is 12.6 Å². The first-order valence-electron chi connectivity index (χ1n) is 4.90. The van der Waals surface area contributed by atoms with Gasteiger partial charge in [0.1, 0.15) is 0 Å². The molecule has 0 spiro atoms. The van der Waals surface area contributed by atoms with Crippen molar-refractivity contribution in [1.29, 1.82) is 0 Å². The van der Waals surface area contributed by atoms with E-state index in [0.717, 1.165) is 12.1 Å². The molecule has 2 fully saturated rings. The fourth-order valence-corrected chi connectivity index (χ4v) is 2.82. The topological polar surface area (TPSA) is 69.6 Å². The highest BCUT2D eigenvalue weighted by Crippen LogP contribution is 2.45. The molecule has 1 saturated heterocycles. The maximum Gasteiger partial charge on any atom is 0.307 e. The molecular weight excluding hydrogens is 182 g/mol. The molecule has 0 bridgehead atoms. The molecule has 1 aliphatic heterocycles. The highest BCUT2D eigenvalue weighted by Gasteiger charge is 2.49. The van der Waals surface area contributed by atoms with Gasteiger partial charge in [0.05, 0.1) is 12.5 Å². The molecule has 3 N–H and O–H groups in total. The number of rotatable bonds is 2. The second kappa shape index (κ2) is 3.37. The molecule has 0 radical (unpaired) electrons. The smallest absolute Gasteiger partial charge is 0.307 e. The van der Waals surface area contributed by atoms with Gasteiger partial charge in [0.15, 0.2) is 0 Å². The standard InChI is InChI=1S/C10H15NO3/c1-5-2-6(10(13)14)9-7(5)3-11-8(9)4-12/h6-9,11-12H,1-4H2,(H,13,14)/t6-,7-,8-,9+/m1/s1. The molecule has 0 unspecified atom stereocenters. The Hall–Kier alpha value is -0.870. The van der Waals surface area contributed by atoms with Crippen LogP contribution in [0.25, 0.3) is 0 Å². The van der Waals surface area contributed by atoms with E-state index in [9.17, 15) is 4.79 Å². The lowest BCUT2D eigenvalue weighted by atomic mass is 9.87. The monoisotopic (exact) mass is 197 g/mol. The van der Waals surface area contributed by atoms with Crippen LogP contribution in [0.15, 0.2) is 12.2 Å². The number of carboxylic acids is 1. The molecule has 0 amide bonds. The van der Waals surface area contributed by atoms with Crippen LogP contribution in [0, 0.1) is 17.8 Å². The summed E-state index contributed by atoms with van der Waals surface area (Å²) in [6, 6.07) is -0.0691. The van der Waals surface area contributed by atoms with Crippen LogP contribution in [0.4, 0.5) is 0 Å². The predicted octanol–water partition coefficient (Wildman–Crippen LogP) is -0.156. The summed E-state index contributed by atoms with van der Waals surface area (Å²) in [5, 5.41) is 21.3. The van der Waals surface area contributed by atoms with E-state index in [1.165, 1.54) is 0 Å². The second-order valence-electron chi connectivity index (χ2n) is 4.19. The summed E-state index contributed by atoms with van der Waals surface area (Å²) in [5.41, 5.74) is 1.02. The second-order valence-corrected chi connectivity index (χ2v) is 4.19. The number of carboxylic acid groups (broad SMARTS) is 1. The van der Waals surface area contributed by atoms with Crippen molar-refractivity contribution < 1.29 is 15.0 Å². The Labute approximate surface area is 82.6 Å². The van der Waals surface area contributed by atoms with Crippen molar-refractivity contribution in [2.24, 2.45) is 17.8 Å². The van der Waals surface area contributed by atoms with E-state index < -0.39 is 5.97 Å². The Balaban J connectivity index is 2.22. The molecule has 1 heterocycles. The average Bonchev–Trinajstić information content (AvgIpc) is 2.67. The first kappa shape index (κ1) is 9.68. The van der Waals surface area contributed by atoms with Gasteiger partial charge in [-0.05, 0) is 18.3 Å². The van der Waals surface area contributed by atoms with Gasteiger partial charge in [-0.15, -0.1) is 0 Å². The molecule has 4 nitrogen and oxygen atoms in total. The number of hydrogen-bond acceptors (Lipinski definition) is 3. The molecule has 2 rings (SSSR count). The van der Waals surface area contributed by atoms with Crippen molar-refractivity contribution in [1.82, 2.24) is 5.32 Å². The number of nitrogens with one attached hydrogen (secondary N) is 1. The Morgan fingerprint density at radius 3 is 2.93 bits per heavy atom. The Kier molecular flexibility index (Phi) is 2.33. The van der Waals surface area contributed by atoms with E-state index in [1.54, 1.807) is 0 Å². The van der Waals surface area contributed by atoms with Gasteiger partial charge in [-0.25, -0.2) is 0 Å². The maximum absolute atomic E-state index is 11.0. The van der Waals surface area contributed by atoms with E-state index in [0.29, 0.717) is 6.42 Å². The van der Waals surface area contributed by atoms with E-state index >= 15 is 0 Å². The number of aliphatic hydroxyl groups is 1. The maximum atomic E-state index is 11.0. The number of aliphatic carboxylic acids is 1. The van der Waals surface area contributed by atoms with Gasteiger partial charge in [0.25, 0.3) is 0 Å². The Bertz CT molecular complexity index is 277. The van der Waals surface area contributed by atoms with E-state index in [4.69, 9.17) is 10.2 Å². The van der Waals surface area contributed by atoms with E-state index in [2.05, 4.69) is 11.9 Å². The molecule has 0 aromatic heterocycles. The van der Waals surface area contributed by atoms with Gasteiger partial charge in [0.2, 0.25) is 0 Å². The molecule has 1 saturated carbocycles. The SMILES string of the molecule is C=C1C[C@@H](C(=O)O)[C@H]2[C@@H]1CN[C@@H]2CO. The average molecular weight is 197 g/mol. The van der Waals surface area contributed by atoms with Crippen molar-refractivity contribution in [2.75, 3.05) is 13.2 Å². The van der Waals surface area contributed by atoms with Crippen LogP contribution in [0.2, 0.25) is 0 Å². The van der Waals surface area contributed by atoms with Crippen molar-refractivity contribution in [3.05, 3.63) is 12.2 Å². The minimum atomic E-state index is -0.763. The molecule has 0 aromatic carbocycles. The zero-order valence-corrected chi connectivity index (χ0v) is 7.94. The lowest BCUT2D eigenvalue weighted by molar-refractivity contribution is -0.143. The minimum Gasteiger partial charge on any atom is -0.481 e. The third-order valence-corrected chi connectivity index (χ3v) is 3.51. The van der Waals surface area contributed by atoms with Crippen LogP contribution in [0.5, 0.6) is 0 Å². The summed E-state index contributed by atoms with van der Waals surface area (Å²) in [6.45, 7) is 4.69. The Morgan fingerprint density at radius 2 is 2.36 bits per heavy atom. The highest BCUT2D eigenvalue weighted by atomic mass is 16.4. The number of carbonyl (C=O) groups is 1. The largest absolute Gasteiger partial charge is 0.481 e. The minimum absolute atomic E-state index is 0.0121. The predicted molar refractivity (Wildman–Crippen MR) is 50.7 cm³/mol. The van der Waals surface area contributed by atoms with Crippen LogP contribution in [-0.2, 0) is 4.79 Å². The molecule has 2 aliphatic rings. The first-order valence-corrected chi connectivity index (χ1v) is 4.90. The number of fused-ring (bicyclic) bond motifs is 1. The van der Waals surface area contributed by atoms with Crippen molar-refractivity contribution >= 4 is 5.97 Å². The summed E-state index contributed by atoms with van der Waals surface area (Å²) < 4.78 is 0. The Morgan fingerprint density at radius 1 is 1.64 bits per heavy atom. The van der Waals surface area contributed by atoms with Gasteiger partial charge in [-0.1, -0.05) is 12.2 Å². The van der Waals surface area contributed by atoms with Gasteiger partial charge in [-0.3, -0.25) is 4.79 Å². The zero-order chi connectivity index (χ0) is 10.3. The van der Waals surface area contributed by atoms with Crippen LogP contribution < -0.4 is 5.32 Å². The lowest BCUT2D eigenvalue weighted by Crippen LogP contribution is -2.36. The first-order chi connectivity index (χ1) is 6.65. The van der Waals surface area contributed by atoms with Crippen molar-refractivity contribution in [3.63, 3.8) is 0 Å².